The molecule has 3 rings (SSSR count). The number of amides is 1. The summed E-state index contributed by atoms with van der Waals surface area (Å²) in [5.41, 5.74) is 0. The third kappa shape index (κ3) is 2.78. The molecule has 6 nitrogen and oxygen atoms in total. The van der Waals surface area contributed by atoms with Gasteiger partial charge in [0.25, 0.3) is 0 Å². The summed E-state index contributed by atoms with van der Waals surface area (Å²) in [6, 6.07) is 0. The standard InChI is InChI=1S/C13H17N3O3S2/c1-2-20-13-16-15-12(21-13)14-10(17)8-6-3-4-7(5-6)9(8)11(18)19/h6-9H,2-5H2,1H3,(H,18,19)(H,14,15,17)/t6-,7-,8+,9+/m0/s1. The maximum atomic E-state index is 12.4. The van der Waals surface area contributed by atoms with Crippen molar-refractivity contribution in [1.29, 1.82) is 0 Å². The van der Waals surface area contributed by atoms with Gasteiger partial charge in [0.05, 0.1) is 11.8 Å². The van der Waals surface area contributed by atoms with Gasteiger partial charge in [0.2, 0.25) is 11.0 Å². The third-order valence-electron chi connectivity index (χ3n) is 4.41. The average molecular weight is 327 g/mol. The molecule has 0 spiro atoms. The van der Waals surface area contributed by atoms with Crippen LogP contribution in [-0.2, 0) is 9.59 Å². The minimum absolute atomic E-state index is 0.156. The summed E-state index contributed by atoms with van der Waals surface area (Å²) in [6.07, 6.45) is 2.75. The molecule has 0 unspecified atom stereocenters. The fourth-order valence-electron chi connectivity index (χ4n) is 3.65. The van der Waals surface area contributed by atoms with E-state index in [4.69, 9.17) is 0 Å². The maximum absolute atomic E-state index is 12.4. The fourth-order valence-corrected chi connectivity index (χ4v) is 5.31. The van der Waals surface area contributed by atoms with Crippen LogP contribution in [0.1, 0.15) is 26.2 Å². The van der Waals surface area contributed by atoms with Crippen molar-refractivity contribution in [3.8, 4) is 0 Å². The SMILES string of the molecule is CCSc1nnc(NC(=O)[C@@H]2[C@H]3CC[C@@H](C3)[C@H]2C(=O)O)s1. The first-order chi connectivity index (χ1) is 10.1. The lowest BCUT2D eigenvalue weighted by Gasteiger charge is -2.26. The van der Waals surface area contributed by atoms with E-state index in [-0.39, 0.29) is 17.7 Å². The number of anilines is 1. The first-order valence-electron chi connectivity index (χ1n) is 7.10. The van der Waals surface area contributed by atoms with Gasteiger partial charge >= 0.3 is 5.97 Å². The molecule has 2 saturated carbocycles. The third-order valence-corrected chi connectivity index (χ3v) is 6.26. The molecule has 1 amide bonds. The zero-order valence-corrected chi connectivity index (χ0v) is 13.2. The quantitative estimate of drug-likeness (QED) is 0.637. The van der Waals surface area contributed by atoms with Crippen molar-refractivity contribution in [3.63, 3.8) is 0 Å². The molecule has 2 N–H and O–H groups in total. The van der Waals surface area contributed by atoms with Gasteiger partial charge in [-0.05, 0) is 36.9 Å². The molecular weight excluding hydrogens is 310 g/mol. The Bertz CT molecular complexity index is 563. The maximum Gasteiger partial charge on any atom is 0.307 e. The second-order valence-corrected chi connectivity index (χ2v) is 8.01. The lowest BCUT2D eigenvalue weighted by molar-refractivity contribution is -0.148. The minimum atomic E-state index is -0.846. The van der Waals surface area contributed by atoms with Crippen LogP contribution in [0.3, 0.4) is 0 Å². The first-order valence-corrected chi connectivity index (χ1v) is 8.90. The van der Waals surface area contributed by atoms with Gasteiger partial charge in [-0.2, -0.15) is 0 Å². The average Bonchev–Trinajstić information content (AvgIpc) is 3.13. The Hall–Kier alpha value is -1.15. The number of carbonyl (C=O) groups is 2. The van der Waals surface area contributed by atoms with Crippen LogP contribution in [0.2, 0.25) is 0 Å². The second kappa shape index (κ2) is 5.92. The molecular formula is C13H17N3O3S2. The number of carbonyl (C=O) groups excluding carboxylic acids is 1. The summed E-state index contributed by atoms with van der Waals surface area (Å²) in [6.45, 7) is 2.02. The van der Waals surface area contributed by atoms with Crippen molar-refractivity contribution in [2.24, 2.45) is 23.7 Å². The van der Waals surface area contributed by atoms with Crippen LogP contribution >= 0.6 is 23.1 Å². The van der Waals surface area contributed by atoms with Crippen molar-refractivity contribution in [2.75, 3.05) is 11.1 Å². The van der Waals surface area contributed by atoms with E-state index >= 15 is 0 Å². The van der Waals surface area contributed by atoms with Crippen molar-refractivity contribution < 1.29 is 14.7 Å². The largest absolute Gasteiger partial charge is 0.481 e. The Balaban J connectivity index is 1.70. The van der Waals surface area contributed by atoms with Crippen LogP contribution in [0.4, 0.5) is 5.13 Å². The predicted molar refractivity (Wildman–Crippen MR) is 80.4 cm³/mol. The normalized spacial score (nSPS) is 30.5. The Morgan fingerprint density at radius 2 is 2.05 bits per heavy atom. The molecule has 0 saturated heterocycles. The Labute approximate surface area is 130 Å². The smallest absolute Gasteiger partial charge is 0.307 e. The van der Waals surface area contributed by atoms with Gasteiger partial charge in [-0.1, -0.05) is 30.0 Å². The van der Waals surface area contributed by atoms with Crippen LogP contribution < -0.4 is 5.32 Å². The number of aromatic nitrogens is 2. The number of carboxylic acid groups (broad SMARTS) is 1. The number of rotatable bonds is 5. The van der Waals surface area contributed by atoms with Crippen molar-refractivity contribution in [1.82, 2.24) is 10.2 Å². The summed E-state index contributed by atoms with van der Waals surface area (Å²) >= 11 is 2.91. The van der Waals surface area contributed by atoms with E-state index in [9.17, 15) is 14.7 Å². The molecule has 1 heterocycles. The monoisotopic (exact) mass is 327 g/mol. The van der Waals surface area contributed by atoms with E-state index in [2.05, 4.69) is 15.5 Å². The van der Waals surface area contributed by atoms with E-state index in [1.165, 1.54) is 11.3 Å². The first kappa shape index (κ1) is 14.8. The summed E-state index contributed by atoms with van der Waals surface area (Å²) < 4.78 is 0.815. The molecule has 8 heteroatoms. The minimum Gasteiger partial charge on any atom is -0.481 e. The molecule has 1 aromatic heterocycles. The van der Waals surface area contributed by atoms with Gasteiger partial charge in [-0.3, -0.25) is 9.59 Å². The number of hydrogen-bond donors (Lipinski definition) is 2. The van der Waals surface area contributed by atoms with E-state index in [1.807, 2.05) is 6.92 Å². The molecule has 21 heavy (non-hydrogen) atoms. The fraction of sp³-hybridized carbons (Fsp3) is 0.692. The van der Waals surface area contributed by atoms with Crippen molar-refractivity contribution in [2.45, 2.75) is 30.5 Å². The zero-order chi connectivity index (χ0) is 15.0. The van der Waals surface area contributed by atoms with E-state index in [1.54, 1.807) is 11.8 Å². The predicted octanol–water partition coefficient (Wildman–Crippen LogP) is 2.34. The topological polar surface area (TPSA) is 92.2 Å². The Kier molecular flexibility index (Phi) is 4.17. The second-order valence-electron chi connectivity index (χ2n) is 5.52. The van der Waals surface area contributed by atoms with E-state index < -0.39 is 17.8 Å². The van der Waals surface area contributed by atoms with Gasteiger partial charge in [-0.25, -0.2) is 0 Å². The zero-order valence-electron chi connectivity index (χ0n) is 11.6. The van der Waals surface area contributed by atoms with Crippen LogP contribution in [0, 0.1) is 23.7 Å². The van der Waals surface area contributed by atoms with Crippen LogP contribution in [0.5, 0.6) is 0 Å². The van der Waals surface area contributed by atoms with Crippen LogP contribution in [0.15, 0.2) is 4.34 Å². The highest BCUT2D eigenvalue weighted by Crippen LogP contribution is 2.52. The molecule has 4 atom stereocenters. The van der Waals surface area contributed by atoms with Crippen LogP contribution in [-0.4, -0.2) is 32.9 Å². The molecule has 2 bridgehead atoms. The van der Waals surface area contributed by atoms with Crippen molar-refractivity contribution >= 4 is 40.1 Å². The lowest BCUT2D eigenvalue weighted by Crippen LogP contribution is -2.37. The number of nitrogens with one attached hydrogen (secondary N) is 1. The van der Waals surface area contributed by atoms with E-state index in [0.717, 1.165) is 29.4 Å². The molecule has 0 aromatic carbocycles. The summed E-state index contributed by atoms with van der Waals surface area (Å²) in [4.78, 5) is 23.9. The van der Waals surface area contributed by atoms with Crippen molar-refractivity contribution in [3.05, 3.63) is 0 Å². The van der Waals surface area contributed by atoms with Gasteiger partial charge in [0.15, 0.2) is 4.34 Å². The van der Waals surface area contributed by atoms with Gasteiger partial charge in [0, 0.05) is 0 Å². The molecule has 1 aromatic rings. The highest BCUT2D eigenvalue weighted by Gasteiger charge is 2.54. The molecule has 0 radical (unpaired) electrons. The van der Waals surface area contributed by atoms with Gasteiger partial charge in [0.1, 0.15) is 0 Å². The summed E-state index contributed by atoms with van der Waals surface area (Å²) in [5, 5.41) is 20.5. The summed E-state index contributed by atoms with van der Waals surface area (Å²) in [7, 11) is 0. The lowest BCUT2D eigenvalue weighted by atomic mass is 9.79. The molecule has 2 aliphatic rings. The number of thioether (sulfide) groups is 1. The molecule has 2 fully saturated rings. The molecule has 0 aliphatic heterocycles. The number of fused-ring (bicyclic) bond motifs is 2. The van der Waals surface area contributed by atoms with E-state index in [0.29, 0.717) is 5.13 Å². The highest BCUT2D eigenvalue weighted by atomic mass is 32.2. The number of nitrogens with zero attached hydrogens (tertiary/aromatic N) is 2. The highest BCUT2D eigenvalue weighted by molar-refractivity contribution is 8.01. The number of carboxylic acids is 1. The number of hydrogen-bond acceptors (Lipinski definition) is 6. The Morgan fingerprint density at radius 3 is 2.71 bits per heavy atom. The van der Waals surface area contributed by atoms with Crippen LogP contribution in [0.25, 0.3) is 0 Å². The Morgan fingerprint density at radius 1 is 1.33 bits per heavy atom. The van der Waals surface area contributed by atoms with Gasteiger partial charge in [-0.15, -0.1) is 10.2 Å². The number of aliphatic carboxylic acids is 1. The summed E-state index contributed by atoms with van der Waals surface area (Å²) in [5.74, 6) is -0.762. The van der Waals surface area contributed by atoms with Gasteiger partial charge < -0.3 is 10.4 Å². The molecule has 2 aliphatic carbocycles. The molecule has 114 valence electrons.